The van der Waals surface area contributed by atoms with Gasteiger partial charge in [-0.1, -0.05) is 6.07 Å². The van der Waals surface area contributed by atoms with Crippen LogP contribution < -0.4 is 5.32 Å². The van der Waals surface area contributed by atoms with Crippen molar-refractivity contribution in [1.82, 2.24) is 14.8 Å². The molecule has 0 atom stereocenters. The molecule has 2 heterocycles. The molecule has 0 aliphatic heterocycles. The van der Waals surface area contributed by atoms with Gasteiger partial charge in [-0.25, -0.2) is 9.37 Å². The first-order chi connectivity index (χ1) is 14.6. The highest BCUT2D eigenvalue weighted by molar-refractivity contribution is 6.03. The molecule has 158 valence electrons. The van der Waals surface area contributed by atoms with E-state index in [1.807, 2.05) is 0 Å². The molecule has 1 amide bonds. The summed E-state index contributed by atoms with van der Waals surface area (Å²) in [5.74, 6) is -1.15. The van der Waals surface area contributed by atoms with Gasteiger partial charge in [0.1, 0.15) is 11.5 Å². The molecule has 0 unspecified atom stereocenters. The zero-order valence-electron chi connectivity index (χ0n) is 16.5. The molecule has 0 saturated heterocycles. The summed E-state index contributed by atoms with van der Waals surface area (Å²) in [6.45, 7) is 1.64. The molecule has 0 aliphatic rings. The molecule has 5 nitrogen and oxygen atoms in total. The van der Waals surface area contributed by atoms with Gasteiger partial charge in [-0.2, -0.15) is 18.3 Å². The Labute approximate surface area is 174 Å². The minimum atomic E-state index is -4.44. The first-order valence-corrected chi connectivity index (χ1v) is 9.21. The van der Waals surface area contributed by atoms with Crippen LogP contribution in [0.5, 0.6) is 0 Å². The Morgan fingerprint density at radius 2 is 1.84 bits per heavy atom. The van der Waals surface area contributed by atoms with Crippen LogP contribution in [-0.2, 0) is 13.2 Å². The van der Waals surface area contributed by atoms with E-state index in [-0.39, 0.29) is 11.4 Å². The van der Waals surface area contributed by atoms with Crippen LogP contribution in [0.4, 0.5) is 23.2 Å². The summed E-state index contributed by atoms with van der Waals surface area (Å²) in [7, 11) is 1.60. The predicted molar refractivity (Wildman–Crippen MR) is 108 cm³/mol. The lowest BCUT2D eigenvalue weighted by atomic mass is 10.0. The molecular formula is C22H16F4N4O. The van der Waals surface area contributed by atoms with Crippen LogP contribution in [0.15, 0.2) is 54.7 Å². The molecule has 0 fully saturated rings. The number of alkyl halides is 3. The second-order valence-corrected chi connectivity index (χ2v) is 7.05. The van der Waals surface area contributed by atoms with Gasteiger partial charge in [0.15, 0.2) is 0 Å². The number of fused-ring (bicyclic) bond motifs is 1. The van der Waals surface area contributed by atoms with E-state index < -0.39 is 23.5 Å². The summed E-state index contributed by atoms with van der Waals surface area (Å²) in [6.07, 6.45) is -2.98. The van der Waals surface area contributed by atoms with Crippen molar-refractivity contribution in [2.45, 2.75) is 13.1 Å². The summed E-state index contributed by atoms with van der Waals surface area (Å²) in [4.78, 5) is 16.7. The lowest BCUT2D eigenvalue weighted by Crippen LogP contribution is -2.17. The van der Waals surface area contributed by atoms with E-state index in [1.165, 1.54) is 41.2 Å². The number of carbonyl (C=O) groups is 1. The first-order valence-electron chi connectivity index (χ1n) is 9.21. The smallest absolute Gasteiger partial charge is 0.318 e. The van der Waals surface area contributed by atoms with Gasteiger partial charge in [-0.3, -0.25) is 9.48 Å². The number of amides is 1. The number of hydrogen-bond acceptors (Lipinski definition) is 3. The number of anilines is 1. The molecule has 31 heavy (non-hydrogen) atoms. The number of benzene rings is 2. The highest BCUT2D eigenvalue weighted by Crippen LogP contribution is 2.32. The van der Waals surface area contributed by atoms with Crippen molar-refractivity contribution in [1.29, 1.82) is 0 Å². The molecule has 0 spiro atoms. The maximum Gasteiger partial charge on any atom is 0.416 e. The second kappa shape index (κ2) is 7.50. The minimum absolute atomic E-state index is 0.0329. The van der Waals surface area contributed by atoms with Crippen LogP contribution in [0.3, 0.4) is 0 Å². The molecule has 4 aromatic rings. The summed E-state index contributed by atoms with van der Waals surface area (Å²) in [5.41, 5.74) is 1.22. The Morgan fingerprint density at radius 1 is 1.06 bits per heavy atom. The summed E-state index contributed by atoms with van der Waals surface area (Å²) >= 11 is 0. The topological polar surface area (TPSA) is 59.8 Å². The molecule has 0 saturated carbocycles. The van der Waals surface area contributed by atoms with E-state index >= 15 is 0 Å². The number of halogens is 4. The minimum Gasteiger partial charge on any atom is -0.318 e. The van der Waals surface area contributed by atoms with Crippen molar-refractivity contribution in [2.75, 3.05) is 5.32 Å². The molecule has 0 bridgehead atoms. The molecule has 9 heteroatoms. The predicted octanol–water partition coefficient (Wildman–Crippen LogP) is 5.35. The third-order valence-electron chi connectivity index (χ3n) is 4.89. The van der Waals surface area contributed by atoms with Crippen LogP contribution in [0.2, 0.25) is 0 Å². The molecule has 0 radical (unpaired) electrons. The van der Waals surface area contributed by atoms with Crippen molar-refractivity contribution in [3.05, 3.63) is 77.4 Å². The third kappa shape index (κ3) is 3.98. The number of aromatic nitrogens is 3. The molecule has 2 aromatic carbocycles. The van der Waals surface area contributed by atoms with Crippen molar-refractivity contribution in [3.8, 4) is 11.3 Å². The lowest BCUT2D eigenvalue weighted by Gasteiger charge is -2.12. The van der Waals surface area contributed by atoms with Crippen LogP contribution >= 0.6 is 0 Å². The van der Waals surface area contributed by atoms with Crippen LogP contribution in [-0.4, -0.2) is 20.7 Å². The molecule has 2 aromatic heterocycles. The molecule has 4 rings (SSSR count). The van der Waals surface area contributed by atoms with Gasteiger partial charge < -0.3 is 5.32 Å². The Kier molecular flexibility index (Phi) is 4.96. The lowest BCUT2D eigenvalue weighted by molar-refractivity contribution is -0.137. The maximum absolute atomic E-state index is 14.8. The number of nitrogens with one attached hydrogen (secondary N) is 1. The Morgan fingerprint density at radius 3 is 2.48 bits per heavy atom. The monoisotopic (exact) mass is 428 g/mol. The van der Waals surface area contributed by atoms with Crippen molar-refractivity contribution in [2.24, 2.45) is 7.05 Å². The zero-order valence-corrected chi connectivity index (χ0v) is 16.5. The first kappa shape index (κ1) is 20.5. The number of pyridine rings is 1. The fourth-order valence-electron chi connectivity index (χ4n) is 3.29. The van der Waals surface area contributed by atoms with Crippen molar-refractivity contribution < 1.29 is 22.4 Å². The van der Waals surface area contributed by atoms with Crippen LogP contribution in [0, 0.1) is 12.7 Å². The fourth-order valence-corrected chi connectivity index (χ4v) is 3.29. The van der Waals surface area contributed by atoms with Crippen molar-refractivity contribution in [3.63, 3.8) is 0 Å². The van der Waals surface area contributed by atoms with Crippen LogP contribution in [0.1, 0.15) is 21.6 Å². The summed E-state index contributed by atoms with van der Waals surface area (Å²) in [5, 5.41) is 6.79. The van der Waals surface area contributed by atoms with E-state index in [0.717, 1.165) is 12.1 Å². The van der Waals surface area contributed by atoms with E-state index in [2.05, 4.69) is 15.4 Å². The van der Waals surface area contributed by atoms with E-state index in [0.29, 0.717) is 27.7 Å². The van der Waals surface area contributed by atoms with Gasteiger partial charge in [0.05, 0.1) is 22.5 Å². The quantitative estimate of drug-likeness (QED) is 0.448. The molecular weight excluding hydrogens is 412 g/mol. The van der Waals surface area contributed by atoms with E-state index in [4.69, 9.17) is 0 Å². The Bertz CT molecular complexity index is 1290. The van der Waals surface area contributed by atoms with Gasteiger partial charge >= 0.3 is 6.18 Å². The van der Waals surface area contributed by atoms with Crippen molar-refractivity contribution >= 4 is 22.5 Å². The van der Waals surface area contributed by atoms with Gasteiger partial charge in [-0.05, 0) is 55.0 Å². The van der Waals surface area contributed by atoms with Gasteiger partial charge in [0.25, 0.3) is 5.91 Å². The average molecular weight is 428 g/mol. The highest BCUT2D eigenvalue weighted by atomic mass is 19.4. The number of rotatable bonds is 3. The maximum atomic E-state index is 14.8. The average Bonchev–Trinajstić information content (AvgIpc) is 3.15. The van der Waals surface area contributed by atoms with Gasteiger partial charge in [0, 0.05) is 24.2 Å². The summed E-state index contributed by atoms with van der Waals surface area (Å²) in [6, 6.07) is 10.7. The fraction of sp³-hybridized carbons (Fsp3) is 0.136. The van der Waals surface area contributed by atoms with Gasteiger partial charge in [-0.15, -0.1) is 0 Å². The standard InChI is InChI=1S/C22H16F4N4O/c1-12-9-14(11-16(23)20(12)29-21(31)19-7-8-27-30(19)2)18-5-3-13-10-15(22(24,25)26)4-6-17(13)28-18/h3-11H,1-2H3,(H,29,31). The number of hydrogen-bond donors (Lipinski definition) is 1. The number of aryl methyl sites for hydroxylation is 2. The second-order valence-electron chi connectivity index (χ2n) is 7.05. The van der Waals surface area contributed by atoms with E-state index in [1.54, 1.807) is 20.0 Å². The Hall–Kier alpha value is -3.75. The summed E-state index contributed by atoms with van der Waals surface area (Å²) < 4.78 is 54.9. The van der Waals surface area contributed by atoms with E-state index in [9.17, 15) is 22.4 Å². The Balaban J connectivity index is 1.66. The number of nitrogens with zero attached hydrogens (tertiary/aromatic N) is 3. The van der Waals surface area contributed by atoms with Crippen LogP contribution in [0.25, 0.3) is 22.2 Å². The molecule has 0 aliphatic carbocycles. The largest absolute Gasteiger partial charge is 0.416 e. The zero-order chi connectivity index (χ0) is 22.3. The third-order valence-corrected chi connectivity index (χ3v) is 4.89. The highest BCUT2D eigenvalue weighted by Gasteiger charge is 2.30. The normalized spacial score (nSPS) is 11.7. The number of carbonyl (C=O) groups excluding carboxylic acids is 1. The molecule has 1 N–H and O–H groups in total. The van der Waals surface area contributed by atoms with Gasteiger partial charge in [0.2, 0.25) is 0 Å². The SMILES string of the molecule is Cc1cc(-c2ccc3cc(C(F)(F)F)ccc3n2)cc(F)c1NC(=O)c1ccnn1C.